The van der Waals surface area contributed by atoms with Crippen LogP contribution in [0.1, 0.15) is 50.5 Å². The smallest absolute Gasteiger partial charge is 0.267 e. The summed E-state index contributed by atoms with van der Waals surface area (Å²) in [5, 5.41) is 8.86. The molecule has 2 aromatic heterocycles. The van der Waals surface area contributed by atoms with Gasteiger partial charge in [0, 0.05) is 28.7 Å². The Balaban J connectivity index is 1.67. The molecule has 0 saturated heterocycles. The van der Waals surface area contributed by atoms with Crippen LogP contribution in [0.4, 0.5) is 10.8 Å². The Bertz CT molecular complexity index is 915. The van der Waals surface area contributed by atoms with Crippen molar-refractivity contribution in [1.29, 1.82) is 0 Å². The van der Waals surface area contributed by atoms with Crippen LogP contribution in [0.2, 0.25) is 0 Å². The second kappa shape index (κ2) is 7.76. The van der Waals surface area contributed by atoms with E-state index >= 15 is 0 Å². The van der Waals surface area contributed by atoms with Crippen molar-refractivity contribution in [3.05, 3.63) is 57.0 Å². The second-order valence-corrected chi connectivity index (χ2v) is 7.87. The summed E-state index contributed by atoms with van der Waals surface area (Å²) in [5.41, 5.74) is 1.85. The number of rotatable bonds is 5. The summed E-state index contributed by atoms with van der Waals surface area (Å²) < 4.78 is 0. The van der Waals surface area contributed by atoms with E-state index in [9.17, 15) is 9.59 Å². The molecule has 0 spiro atoms. The van der Waals surface area contributed by atoms with E-state index in [0.717, 1.165) is 10.7 Å². The SMILES string of the molecule is Cc1nc(C(C)C)sc1C(=O)Nc1ccc(C(=O)Nc2nccs2)cc1. The van der Waals surface area contributed by atoms with E-state index < -0.39 is 0 Å². The van der Waals surface area contributed by atoms with Gasteiger partial charge in [-0.25, -0.2) is 9.97 Å². The van der Waals surface area contributed by atoms with Crippen molar-refractivity contribution in [2.45, 2.75) is 26.7 Å². The lowest BCUT2D eigenvalue weighted by atomic mass is 10.2. The predicted molar refractivity (Wildman–Crippen MR) is 105 cm³/mol. The van der Waals surface area contributed by atoms with Crippen LogP contribution in [-0.4, -0.2) is 21.8 Å². The predicted octanol–water partition coefficient (Wildman–Crippen LogP) is 4.54. The number of aryl methyl sites for hydroxylation is 1. The van der Waals surface area contributed by atoms with Gasteiger partial charge in [0.15, 0.2) is 5.13 Å². The summed E-state index contributed by atoms with van der Waals surface area (Å²) in [7, 11) is 0. The number of amides is 2. The number of nitrogens with zero attached hydrogens (tertiary/aromatic N) is 2. The molecule has 3 aromatic rings. The third-order valence-electron chi connectivity index (χ3n) is 3.57. The Labute approximate surface area is 159 Å². The first-order valence-electron chi connectivity index (χ1n) is 8.03. The van der Waals surface area contributed by atoms with Crippen LogP contribution in [0.5, 0.6) is 0 Å². The van der Waals surface area contributed by atoms with Crippen molar-refractivity contribution in [2.75, 3.05) is 10.6 Å². The van der Waals surface area contributed by atoms with Crippen LogP contribution < -0.4 is 10.6 Å². The summed E-state index contributed by atoms with van der Waals surface area (Å²) in [6.07, 6.45) is 1.63. The molecule has 0 radical (unpaired) electrons. The molecule has 134 valence electrons. The van der Waals surface area contributed by atoms with E-state index in [0.29, 0.717) is 21.3 Å². The summed E-state index contributed by atoms with van der Waals surface area (Å²) in [5.74, 6) is -0.138. The molecular weight excluding hydrogens is 368 g/mol. The zero-order valence-electron chi connectivity index (χ0n) is 14.6. The first kappa shape index (κ1) is 18.2. The largest absolute Gasteiger partial charge is 0.321 e. The Hall–Kier alpha value is -2.58. The second-order valence-electron chi connectivity index (χ2n) is 5.94. The summed E-state index contributed by atoms with van der Waals surface area (Å²) in [4.78, 5) is 33.7. The van der Waals surface area contributed by atoms with E-state index in [1.54, 1.807) is 35.8 Å². The molecule has 8 heteroatoms. The first-order chi connectivity index (χ1) is 12.4. The molecule has 1 aromatic carbocycles. The molecule has 0 atom stereocenters. The standard InChI is InChI=1S/C18H18N4O2S2/c1-10(2)17-20-11(3)14(26-17)16(24)21-13-6-4-12(5-7-13)15(23)22-18-19-8-9-25-18/h4-10H,1-3H3,(H,21,24)(H,19,22,23). The molecule has 0 unspecified atom stereocenters. The van der Waals surface area contributed by atoms with Crippen LogP contribution in [-0.2, 0) is 0 Å². The minimum absolute atomic E-state index is 0.188. The van der Waals surface area contributed by atoms with Gasteiger partial charge in [0.25, 0.3) is 11.8 Å². The first-order valence-corrected chi connectivity index (χ1v) is 9.73. The van der Waals surface area contributed by atoms with Crippen LogP contribution in [0.3, 0.4) is 0 Å². The lowest BCUT2D eigenvalue weighted by molar-refractivity contribution is 0.102. The number of hydrogen-bond donors (Lipinski definition) is 2. The number of benzene rings is 1. The molecule has 2 heterocycles. The van der Waals surface area contributed by atoms with Gasteiger partial charge in [-0.2, -0.15) is 0 Å². The maximum atomic E-state index is 12.5. The summed E-state index contributed by atoms with van der Waals surface area (Å²) in [6, 6.07) is 6.73. The molecule has 2 N–H and O–H groups in total. The van der Waals surface area contributed by atoms with Gasteiger partial charge < -0.3 is 5.32 Å². The fourth-order valence-corrected chi connectivity index (χ4v) is 3.71. The molecule has 0 aliphatic carbocycles. The summed E-state index contributed by atoms with van der Waals surface area (Å²) >= 11 is 2.77. The normalized spacial score (nSPS) is 10.8. The monoisotopic (exact) mass is 386 g/mol. The molecule has 0 bridgehead atoms. The van der Waals surface area contributed by atoms with Gasteiger partial charge in [0.1, 0.15) is 4.88 Å². The highest BCUT2D eigenvalue weighted by Crippen LogP contribution is 2.25. The molecule has 3 rings (SSSR count). The van der Waals surface area contributed by atoms with Crippen LogP contribution >= 0.6 is 22.7 Å². The fourth-order valence-electron chi connectivity index (χ4n) is 2.22. The highest BCUT2D eigenvalue weighted by molar-refractivity contribution is 7.14. The highest BCUT2D eigenvalue weighted by Gasteiger charge is 2.17. The summed E-state index contributed by atoms with van der Waals surface area (Å²) in [6.45, 7) is 5.94. The Morgan fingerprint density at radius 1 is 1.08 bits per heavy atom. The number of anilines is 2. The number of nitrogens with one attached hydrogen (secondary N) is 2. The zero-order chi connectivity index (χ0) is 18.7. The van der Waals surface area contributed by atoms with Crippen molar-refractivity contribution in [3.63, 3.8) is 0 Å². The average molecular weight is 387 g/mol. The van der Waals surface area contributed by atoms with E-state index in [-0.39, 0.29) is 17.7 Å². The van der Waals surface area contributed by atoms with Gasteiger partial charge in [-0.3, -0.25) is 14.9 Å². The molecule has 6 nitrogen and oxygen atoms in total. The molecule has 0 saturated carbocycles. The molecule has 0 aliphatic rings. The molecule has 0 aliphatic heterocycles. The van der Waals surface area contributed by atoms with Crippen molar-refractivity contribution < 1.29 is 9.59 Å². The Morgan fingerprint density at radius 2 is 1.81 bits per heavy atom. The van der Waals surface area contributed by atoms with Crippen molar-refractivity contribution in [2.24, 2.45) is 0 Å². The number of thiazole rings is 2. The molecule has 0 fully saturated rings. The lowest BCUT2D eigenvalue weighted by Crippen LogP contribution is -2.13. The van der Waals surface area contributed by atoms with Crippen LogP contribution in [0, 0.1) is 6.92 Å². The third-order valence-corrected chi connectivity index (χ3v) is 5.72. The molecule has 26 heavy (non-hydrogen) atoms. The van der Waals surface area contributed by atoms with E-state index in [1.165, 1.54) is 22.7 Å². The van der Waals surface area contributed by atoms with E-state index in [2.05, 4.69) is 34.4 Å². The van der Waals surface area contributed by atoms with Crippen LogP contribution in [0.15, 0.2) is 35.8 Å². The van der Waals surface area contributed by atoms with Gasteiger partial charge in [-0.1, -0.05) is 13.8 Å². The van der Waals surface area contributed by atoms with Gasteiger partial charge >= 0.3 is 0 Å². The quantitative estimate of drug-likeness (QED) is 0.674. The van der Waals surface area contributed by atoms with Gasteiger partial charge in [-0.05, 0) is 31.2 Å². The fraction of sp³-hybridized carbons (Fsp3) is 0.222. The van der Waals surface area contributed by atoms with Gasteiger partial charge in [0.05, 0.1) is 10.7 Å². The topological polar surface area (TPSA) is 84.0 Å². The van der Waals surface area contributed by atoms with Crippen molar-refractivity contribution >= 4 is 45.3 Å². The maximum absolute atomic E-state index is 12.5. The lowest BCUT2D eigenvalue weighted by Gasteiger charge is -2.06. The van der Waals surface area contributed by atoms with E-state index in [1.807, 2.05) is 6.92 Å². The highest BCUT2D eigenvalue weighted by atomic mass is 32.1. The number of carbonyl (C=O) groups excluding carboxylic acids is 2. The minimum Gasteiger partial charge on any atom is -0.321 e. The van der Waals surface area contributed by atoms with Crippen LogP contribution in [0.25, 0.3) is 0 Å². The zero-order valence-corrected chi connectivity index (χ0v) is 16.2. The molecular formula is C18H18N4O2S2. The number of carbonyl (C=O) groups is 2. The Morgan fingerprint density at radius 3 is 2.38 bits per heavy atom. The molecule has 2 amide bonds. The van der Waals surface area contributed by atoms with Crippen molar-refractivity contribution in [1.82, 2.24) is 9.97 Å². The maximum Gasteiger partial charge on any atom is 0.267 e. The third kappa shape index (κ3) is 4.14. The van der Waals surface area contributed by atoms with Gasteiger partial charge in [0.2, 0.25) is 0 Å². The van der Waals surface area contributed by atoms with E-state index in [4.69, 9.17) is 0 Å². The van der Waals surface area contributed by atoms with Crippen molar-refractivity contribution in [3.8, 4) is 0 Å². The number of hydrogen-bond acceptors (Lipinski definition) is 6. The number of aromatic nitrogens is 2. The van der Waals surface area contributed by atoms with Gasteiger partial charge in [-0.15, -0.1) is 22.7 Å². The average Bonchev–Trinajstić information content (AvgIpc) is 3.25. The Kier molecular flexibility index (Phi) is 5.43. The minimum atomic E-state index is -0.238.